The molecule has 8 heteroatoms. The average molecular weight is 398 g/mol. The van der Waals surface area contributed by atoms with E-state index in [1.165, 1.54) is 25.7 Å². The van der Waals surface area contributed by atoms with Gasteiger partial charge in [-0.2, -0.15) is 0 Å². The summed E-state index contributed by atoms with van der Waals surface area (Å²) < 4.78 is 1.99. The monoisotopic (exact) mass is 397 g/mol. The first-order valence-corrected chi connectivity index (χ1v) is 10.6. The van der Waals surface area contributed by atoms with E-state index in [9.17, 15) is 5.11 Å². The molecular formula is C21H31N7O. The van der Waals surface area contributed by atoms with E-state index in [4.69, 9.17) is 4.99 Å². The Balaban J connectivity index is 1.45. The fourth-order valence-corrected chi connectivity index (χ4v) is 4.11. The van der Waals surface area contributed by atoms with Gasteiger partial charge in [-0.05, 0) is 31.9 Å². The number of nitrogens with zero attached hydrogens (tertiary/aromatic N) is 6. The second-order valence-electron chi connectivity index (χ2n) is 7.95. The third-order valence-electron chi connectivity index (χ3n) is 6.04. The molecule has 4 rings (SSSR count). The summed E-state index contributed by atoms with van der Waals surface area (Å²) in [7, 11) is 1.98. The van der Waals surface area contributed by atoms with Crippen molar-refractivity contribution in [2.45, 2.75) is 45.2 Å². The quantitative estimate of drug-likeness (QED) is 0.607. The molecule has 0 bridgehead atoms. The number of hydrogen-bond acceptors (Lipinski definition) is 5. The molecule has 2 heterocycles. The van der Waals surface area contributed by atoms with Crippen molar-refractivity contribution in [3.05, 3.63) is 35.9 Å². The standard InChI is InChI=1S/C21H31N7O/c1-16-24-25-20(26(16)2)15-22-21(23-17-7-3-4-8-17)28-13-11-27(12-14-28)18-9-5-6-10-19(18)29/h5-6,9-10,17,29H,3-4,7-8,11-15H2,1-2H3,(H,22,23). The minimum absolute atomic E-state index is 0.344. The molecule has 1 saturated heterocycles. The largest absolute Gasteiger partial charge is 0.506 e. The summed E-state index contributed by atoms with van der Waals surface area (Å²) in [6.07, 6.45) is 4.99. The van der Waals surface area contributed by atoms with E-state index in [1.807, 2.05) is 36.7 Å². The van der Waals surface area contributed by atoms with Gasteiger partial charge in [-0.15, -0.1) is 10.2 Å². The number of piperazine rings is 1. The number of para-hydroxylation sites is 2. The summed E-state index contributed by atoms with van der Waals surface area (Å²) in [5.41, 5.74) is 0.906. The van der Waals surface area contributed by atoms with E-state index < -0.39 is 0 Å². The summed E-state index contributed by atoms with van der Waals surface area (Å²) in [6.45, 7) is 5.91. The van der Waals surface area contributed by atoms with E-state index in [2.05, 4.69) is 25.3 Å². The van der Waals surface area contributed by atoms with E-state index >= 15 is 0 Å². The highest BCUT2D eigenvalue weighted by molar-refractivity contribution is 5.80. The fraction of sp³-hybridized carbons (Fsp3) is 0.571. The fourth-order valence-electron chi connectivity index (χ4n) is 4.11. The number of aromatic hydroxyl groups is 1. The zero-order valence-corrected chi connectivity index (χ0v) is 17.4. The predicted octanol–water partition coefficient (Wildman–Crippen LogP) is 2.04. The minimum atomic E-state index is 0.344. The lowest BCUT2D eigenvalue weighted by molar-refractivity contribution is 0.362. The first-order valence-electron chi connectivity index (χ1n) is 10.6. The third-order valence-corrected chi connectivity index (χ3v) is 6.04. The van der Waals surface area contributed by atoms with Crippen molar-refractivity contribution in [2.75, 3.05) is 31.1 Å². The van der Waals surface area contributed by atoms with Crippen LogP contribution in [-0.4, -0.2) is 63.0 Å². The van der Waals surface area contributed by atoms with Crippen molar-refractivity contribution in [3.8, 4) is 5.75 Å². The van der Waals surface area contributed by atoms with Crippen LogP contribution in [0.2, 0.25) is 0 Å². The Labute approximate surface area is 172 Å². The second-order valence-corrected chi connectivity index (χ2v) is 7.95. The van der Waals surface area contributed by atoms with Crippen LogP contribution >= 0.6 is 0 Å². The molecule has 156 valence electrons. The molecule has 0 radical (unpaired) electrons. The SMILES string of the molecule is Cc1nnc(CN=C(NC2CCCC2)N2CCN(c3ccccc3O)CC2)n1C. The molecule has 1 saturated carbocycles. The zero-order valence-electron chi connectivity index (χ0n) is 17.4. The van der Waals surface area contributed by atoms with Crippen molar-refractivity contribution in [2.24, 2.45) is 12.0 Å². The lowest BCUT2D eigenvalue weighted by atomic mass is 10.2. The molecule has 0 spiro atoms. The van der Waals surface area contributed by atoms with Gasteiger partial charge in [0.05, 0.1) is 5.69 Å². The van der Waals surface area contributed by atoms with Gasteiger partial charge < -0.3 is 24.8 Å². The van der Waals surface area contributed by atoms with Crippen LogP contribution in [-0.2, 0) is 13.6 Å². The number of hydrogen-bond donors (Lipinski definition) is 2. The van der Waals surface area contributed by atoms with E-state index in [0.29, 0.717) is 18.3 Å². The van der Waals surface area contributed by atoms with Crippen LogP contribution in [0, 0.1) is 6.92 Å². The summed E-state index contributed by atoms with van der Waals surface area (Å²) in [5.74, 6) is 3.09. The lowest BCUT2D eigenvalue weighted by Gasteiger charge is -2.38. The lowest BCUT2D eigenvalue weighted by Crippen LogP contribution is -2.54. The summed E-state index contributed by atoms with van der Waals surface area (Å²) in [4.78, 5) is 9.48. The maximum Gasteiger partial charge on any atom is 0.194 e. The Morgan fingerprint density at radius 1 is 1.14 bits per heavy atom. The highest BCUT2D eigenvalue weighted by Gasteiger charge is 2.24. The highest BCUT2D eigenvalue weighted by Crippen LogP contribution is 2.27. The Morgan fingerprint density at radius 2 is 1.86 bits per heavy atom. The number of phenolic OH excluding ortho intramolecular Hbond substituents is 1. The van der Waals surface area contributed by atoms with Crippen molar-refractivity contribution in [1.29, 1.82) is 0 Å². The van der Waals surface area contributed by atoms with Gasteiger partial charge in [-0.1, -0.05) is 25.0 Å². The van der Waals surface area contributed by atoms with Crippen LogP contribution in [0.4, 0.5) is 5.69 Å². The van der Waals surface area contributed by atoms with E-state index in [1.54, 1.807) is 6.07 Å². The number of benzene rings is 1. The Kier molecular flexibility index (Phi) is 5.87. The first kappa shape index (κ1) is 19.5. The molecule has 29 heavy (non-hydrogen) atoms. The van der Waals surface area contributed by atoms with Crippen molar-refractivity contribution >= 4 is 11.6 Å². The van der Waals surface area contributed by atoms with E-state index in [-0.39, 0.29) is 0 Å². The number of nitrogens with one attached hydrogen (secondary N) is 1. The van der Waals surface area contributed by atoms with Crippen molar-refractivity contribution in [3.63, 3.8) is 0 Å². The number of guanidine groups is 1. The van der Waals surface area contributed by atoms with Gasteiger partial charge in [0, 0.05) is 39.3 Å². The molecule has 1 aliphatic heterocycles. The van der Waals surface area contributed by atoms with Crippen LogP contribution in [0.25, 0.3) is 0 Å². The molecule has 0 unspecified atom stereocenters. The van der Waals surface area contributed by atoms with Gasteiger partial charge in [0.1, 0.15) is 18.1 Å². The molecule has 1 aromatic carbocycles. The predicted molar refractivity (Wildman–Crippen MR) is 114 cm³/mol. The number of anilines is 1. The minimum Gasteiger partial charge on any atom is -0.506 e. The smallest absolute Gasteiger partial charge is 0.194 e. The summed E-state index contributed by atoms with van der Waals surface area (Å²) >= 11 is 0. The molecule has 8 nitrogen and oxygen atoms in total. The maximum absolute atomic E-state index is 10.2. The summed E-state index contributed by atoms with van der Waals surface area (Å²) in [6, 6.07) is 8.07. The Hall–Kier alpha value is -2.77. The van der Waals surface area contributed by atoms with Crippen LogP contribution < -0.4 is 10.2 Å². The van der Waals surface area contributed by atoms with Gasteiger partial charge >= 0.3 is 0 Å². The number of aliphatic imine (C=N–C) groups is 1. The molecule has 2 fully saturated rings. The van der Waals surface area contributed by atoms with Crippen LogP contribution in [0.1, 0.15) is 37.3 Å². The topological polar surface area (TPSA) is 81.8 Å². The zero-order chi connectivity index (χ0) is 20.2. The number of aryl methyl sites for hydroxylation is 1. The van der Waals surface area contributed by atoms with Crippen molar-refractivity contribution < 1.29 is 5.11 Å². The Morgan fingerprint density at radius 3 is 2.52 bits per heavy atom. The average Bonchev–Trinajstić information content (AvgIpc) is 3.36. The van der Waals surface area contributed by atoms with Crippen LogP contribution in [0.5, 0.6) is 5.75 Å². The van der Waals surface area contributed by atoms with Gasteiger partial charge in [-0.3, -0.25) is 0 Å². The third kappa shape index (κ3) is 4.46. The Bertz CT molecular complexity index is 848. The molecule has 1 aromatic heterocycles. The van der Waals surface area contributed by atoms with Crippen molar-refractivity contribution in [1.82, 2.24) is 25.0 Å². The van der Waals surface area contributed by atoms with Crippen LogP contribution in [0.15, 0.2) is 29.3 Å². The molecule has 2 aliphatic rings. The summed E-state index contributed by atoms with van der Waals surface area (Å²) in [5, 5.41) is 22.2. The first-order chi connectivity index (χ1) is 14.1. The second kappa shape index (κ2) is 8.71. The number of rotatable bonds is 4. The molecule has 2 N–H and O–H groups in total. The van der Waals surface area contributed by atoms with Gasteiger partial charge in [-0.25, -0.2) is 4.99 Å². The molecule has 2 aromatic rings. The van der Waals surface area contributed by atoms with Gasteiger partial charge in [0.2, 0.25) is 0 Å². The van der Waals surface area contributed by atoms with Gasteiger partial charge in [0.15, 0.2) is 11.8 Å². The normalized spacial score (nSPS) is 18.5. The van der Waals surface area contributed by atoms with Crippen LogP contribution in [0.3, 0.4) is 0 Å². The number of aromatic nitrogens is 3. The van der Waals surface area contributed by atoms with Gasteiger partial charge in [0.25, 0.3) is 0 Å². The molecule has 0 amide bonds. The highest BCUT2D eigenvalue weighted by atomic mass is 16.3. The van der Waals surface area contributed by atoms with E-state index in [0.717, 1.165) is 49.5 Å². The maximum atomic E-state index is 10.2. The molecule has 0 atom stereocenters. The molecule has 1 aliphatic carbocycles. The molecular weight excluding hydrogens is 366 g/mol. The number of phenols is 1.